The Bertz CT molecular complexity index is 499. The van der Waals surface area contributed by atoms with Crippen molar-refractivity contribution in [3.63, 3.8) is 0 Å². The van der Waals surface area contributed by atoms with Crippen molar-refractivity contribution >= 4 is 23.7 Å². The number of hydrogen-bond acceptors (Lipinski definition) is 4. The largest absolute Gasteiger partial charge is 0.481 e. The van der Waals surface area contributed by atoms with Crippen molar-refractivity contribution in [1.82, 2.24) is 10.3 Å². The topological polar surface area (TPSA) is 88.5 Å². The van der Waals surface area contributed by atoms with Gasteiger partial charge in [-0.25, -0.2) is 9.78 Å². The number of aliphatic carboxylic acids is 1. The number of ether oxygens (including phenoxy) is 1. The fourth-order valence-corrected chi connectivity index (χ4v) is 1.77. The lowest BCUT2D eigenvalue weighted by atomic mass is 10.1. The van der Waals surface area contributed by atoms with Crippen LogP contribution in [0.2, 0.25) is 5.15 Å². The van der Waals surface area contributed by atoms with Gasteiger partial charge in [0.2, 0.25) is 0 Å². The number of carboxylic acids is 1. The fraction of sp³-hybridized carbons (Fsp3) is 0.462. The van der Waals surface area contributed by atoms with Crippen LogP contribution in [0.25, 0.3) is 0 Å². The molecule has 0 aromatic carbocycles. The Morgan fingerprint density at radius 1 is 1.50 bits per heavy atom. The van der Waals surface area contributed by atoms with E-state index in [4.69, 9.17) is 21.4 Å². The highest BCUT2D eigenvalue weighted by Gasteiger charge is 2.24. The molecular formula is C13H17ClN2O4. The third kappa shape index (κ3) is 5.44. The first-order chi connectivity index (χ1) is 9.19. The number of rotatable bonds is 4. The van der Waals surface area contributed by atoms with Gasteiger partial charge in [-0.2, -0.15) is 0 Å². The number of nitrogens with zero attached hydrogens (tertiary/aromatic N) is 1. The van der Waals surface area contributed by atoms with E-state index in [0.29, 0.717) is 5.56 Å². The lowest BCUT2D eigenvalue weighted by Crippen LogP contribution is -2.36. The summed E-state index contributed by atoms with van der Waals surface area (Å²) in [4.78, 5) is 26.5. The van der Waals surface area contributed by atoms with E-state index in [2.05, 4.69) is 10.3 Å². The van der Waals surface area contributed by atoms with E-state index in [1.165, 1.54) is 6.20 Å². The SMILES string of the molecule is CC(C)(C)OC(=O)N[C@@H](CC(=O)O)c1cccnc1Cl. The van der Waals surface area contributed by atoms with Gasteiger partial charge >= 0.3 is 12.1 Å². The van der Waals surface area contributed by atoms with E-state index in [-0.39, 0.29) is 11.6 Å². The van der Waals surface area contributed by atoms with Gasteiger partial charge in [0.1, 0.15) is 10.8 Å². The van der Waals surface area contributed by atoms with Gasteiger partial charge in [0.05, 0.1) is 12.5 Å². The van der Waals surface area contributed by atoms with Crippen molar-refractivity contribution in [3.8, 4) is 0 Å². The highest BCUT2D eigenvalue weighted by molar-refractivity contribution is 6.30. The second-order valence-corrected chi connectivity index (χ2v) is 5.54. The van der Waals surface area contributed by atoms with E-state index < -0.39 is 23.7 Å². The first-order valence-electron chi connectivity index (χ1n) is 6.01. The minimum absolute atomic E-state index is 0.148. The molecule has 110 valence electrons. The van der Waals surface area contributed by atoms with Crippen LogP contribution in [-0.4, -0.2) is 27.8 Å². The minimum atomic E-state index is -1.06. The maximum atomic E-state index is 11.7. The Morgan fingerprint density at radius 2 is 2.15 bits per heavy atom. The molecule has 0 bridgehead atoms. The molecule has 0 aliphatic rings. The van der Waals surface area contributed by atoms with E-state index in [9.17, 15) is 9.59 Å². The minimum Gasteiger partial charge on any atom is -0.481 e. The van der Waals surface area contributed by atoms with Crippen molar-refractivity contribution in [3.05, 3.63) is 29.0 Å². The summed E-state index contributed by atoms with van der Waals surface area (Å²) >= 11 is 5.92. The highest BCUT2D eigenvalue weighted by Crippen LogP contribution is 2.23. The summed E-state index contributed by atoms with van der Waals surface area (Å²) in [5.41, 5.74) is -0.237. The number of nitrogens with one attached hydrogen (secondary N) is 1. The molecule has 2 N–H and O–H groups in total. The zero-order valence-electron chi connectivity index (χ0n) is 11.5. The van der Waals surface area contributed by atoms with E-state index in [1.807, 2.05) is 0 Å². The van der Waals surface area contributed by atoms with Gasteiger partial charge in [0, 0.05) is 11.8 Å². The van der Waals surface area contributed by atoms with Gasteiger partial charge in [-0.15, -0.1) is 0 Å². The van der Waals surface area contributed by atoms with Gasteiger partial charge in [0.15, 0.2) is 0 Å². The first kappa shape index (κ1) is 16.2. The Balaban J connectivity index is 2.88. The van der Waals surface area contributed by atoms with Crippen LogP contribution in [0.3, 0.4) is 0 Å². The van der Waals surface area contributed by atoms with E-state index in [0.717, 1.165) is 0 Å². The molecule has 20 heavy (non-hydrogen) atoms. The van der Waals surface area contributed by atoms with E-state index >= 15 is 0 Å². The van der Waals surface area contributed by atoms with Crippen LogP contribution < -0.4 is 5.32 Å². The van der Waals surface area contributed by atoms with Gasteiger partial charge < -0.3 is 15.2 Å². The molecule has 0 unspecified atom stereocenters. The van der Waals surface area contributed by atoms with Crippen LogP contribution >= 0.6 is 11.6 Å². The van der Waals surface area contributed by atoms with Crippen LogP contribution in [0.5, 0.6) is 0 Å². The summed E-state index contributed by atoms with van der Waals surface area (Å²) in [5, 5.41) is 11.6. The molecule has 1 rings (SSSR count). The molecule has 1 atom stereocenters. The number of carbonyl (C=O) groups excluding carboxylic acids is 1. The van der Waals surface area contributed by atoms with Crippen molar-refractivity contribution < 1.29 is 19.4 Å². The Hall–Kier alpha value is -1.82. The maximum absolute atomic E-state index is 11.7. The lowest BCUT2D eigenvalue weighted by Gasteiger charge is -2.23. The van der Waals surface area contributed by atoms with Crippen LogP contribution in [0.15, 0.2) is 18.3 Å². The maximum Gasteiger partial charge on any atom is 0.408 e. The molecule has 0 fully saturated rings. The second-order valence-electron chi connectivity index (χ2n) is 5.18. The molecule has 7 heteroatoms. The predicted octanol–water partition coefficient (Wildman–Crippen LogP) is 2.78. The monoisotopic (exact) mass is 300 g/mol. The molecule has 1 amide bonds. The summed E-state index contributed by atoms with van der Waals surface area (Å²) in [7, 11) is 0. The fourth-order valence-electron chi connectivity index (χ4n) is 1.52. The average molecular weight is 301 g/mol. The second kappa shape index (κ2) is 6.56. The first-order valence-corrected chi connectivity index (χ1v) is 6.38. The molecule has 0 aliphatic heterocycles. The van der Waals surface area contributed by atoms with Crippen LogP contribution in [0.1, 0.15) is 38.8 Å². The van der Waals surface area contributed by atoms with Crippen molar-refractivity contribution in [2.75, 3.05) is 0 Å². The number of hydrogen-bond donors (Lipinski definition) is 2. The summed E-state index contributed by atoms with van der Waals surface area (Å²) < 4.78 is 5.10. The normalized spacial score (nSPS) is 12.6. The summed E-state index contributed by atoms with van der Waals surface area (Å²) in [5.74, 6) is -1.06. The molecule has 0 saturated carbocycles. The molecule has 6 nitrogen and oxygen atoms in total. The number of amides is 1. The number of alkyl carbamates (subject to hydrolysis) is 1. The zero-order valence-corrected chi connectivity index (χ0v) is 12.3. The number of pyridine rings is 1. The Morgan fingerprint density at radius 3 is 2.65 bits per heavy atom. The quantitative estimate of drug-likeness (QED) is 0.835. The van der Waals surface area contributed by atoms with Crippen molar-refractivity contribution in [2.24, 2.45) is 0 Å². The number of aromatic nitrogens is 1. The molecular weight excluding hydrogens is 284 g/mol. The van der Waals surface area contributed by atoms with Crippen LogP contribution in [-0.2, 0) is 9.53 Å². The van der Waals surface area contributed by atoms with Crippen LogP contribution in [0.4, 0.5) is 4.79 Å². The summed E-state index contributed by atoms with van der Waals surface area (Å²) in [6.07, 6.45) is 0.464. The lowest BCUT2D eigenvalue weighted by molar-refractivity contribution is -0.137. The molecule has 0 saturated heterocycles. The smallest absolute Gasteiger partial charge is 0.408 e. The van der Waals surface area contributed by atoms with Gasteiger partial charge in [-0.3, -0.25) is 4.79 Å². The van der Waals surface area contributed by atoms with Gasteiger partial charge in [-0.1, -0.05) is 17.7 Å². The molecule has 0 radical (unpaired) electrons. The summed E-state index contributed by atoms with van der Waals surface area (Å²) in [6, 6.07) is 2.43. The van der Waals surface area contributed by atoms with Crippen molar-refractivity contribution in [1.29, 1.82) is 0 Å². The number of halogens is 1. The standard InChI is InChI=1S/C13H17ClN2O4/c1-13(2,3)20-12(19)16-9(7-10(17)18)8-5-4-6-15-11(8)14/h4-6,9H,7H2,1-3H3,(H,16,19)(H,17,18)/t9-/m0/s1. The third-order valence-corrected chi connectivity index (χ3v) is 2.55. The Kier molecular flexibility index (Phi) is 5.33. The third-order valence-electron chi connectivity index (χ3n) is 2.23. The molecule has 0 spiro atoms. The Labute approximate surface area is 122 Å². The van der Waals surface area contributed by atoms with Gasteiger partial charge in [-0.05, 0) is 26.8 Å². The van der Waals surface area contributed by atoms with Crippen LogP contribution in [0, 0.1) is 0 Å². The average Bonchev–Trinajstić information content (AvgIpc) is 2.25. The highest BCUT2D eigenvalue weighted by atomic mass is 35.5. The molecule has 1 heterocycles. The zero-order chi connectivity index (χ0) is 15.3. The molecule has 1 aromatic heterocycles. The van der Waals surface area contributed by atoms with Gasteiger partial charge in [0.25, 0.3) is 0 Å². The number of carbonyl (C=O) groups is 2. The van der Waals surface area contributed by atoms with E-state index in [1.54, 1.807) is 32.9 Å². The predicted molar refractivity (Wildman–Crippen MR) is 73.6 cm³/mol. The molecule has 0 aliphatic carbocycles. The van der Waals surface area contributed by atoms with Crippen molar-refractivity contribution in [2.45, 2.75) is 38.8 Å². The number of carboxylic acid groups (broad SMARTS) is 1. The molecule has 1 aromatic rings. The summed E-state index contributed by atoms with van der Waals surface area (Å²) in [6.45, 7) is 5.15.